The van der Waals surface area contributed by atoms with Crippen LogP contribution in [0.25, 0.3) is 0 Å². The molecule has 106 valence electrons. The van der Waals surface area contributed by atoms with Gasteiger partial charge in [-0.15, -0.1) is 0 Å². The van der Waals surface area contributed by atoms with Crippen LogP contribution in [0.3, 0.4) is 0 Å². The number of benzene rings is 2. The van der Waals surface area contributed by atoms with Crippen molar-refractivity contribution in [2.24, 2.45) is 0 Å². The molecule has 0 fully saturated rings. The molecule has 0 aromatic heterocycles. The molecule has 0 aliphatic rings. The van der Waals surface area contributed by atoms with Gasteiger partial charge in [-0.1, -0.05) is 28.1 Å². The number of aliphatic hydroxyl groups excluding tert-OH is 1. The van der Waals surface area contributed by atoms with Gasteiger partial charge in [0, 0.05) is 10.9 Å². The molecule has 0 bridgehead atoms. The highest BCUT2D eigenvalue weighted by Crippen LogP contribution is 2.27. The Hall–Kier alpha value is -1.26. The Morgan fingerprint density at radius 2 is 1.75 bits per heavy atom. The molecule has 0 aliphatic heterocycles. The highest BCUT2D eigenvalue weighted by molar-refractivity contribution is 9.10. The molecular weight excluding hydrogens is 326 g/mol. The third-order valence-electron chi connectivity index (χ3n) is 3.32. The maximum atomic E-state index is 13.2. The zero-order valence-corrected chi connectivity index (χ0v) is 12.8. The number of aliphatic hydroxyl groups is 1. The lowest BCUT2D eigenvalue weighted by Crippen LogP contribution is -2.05. The van der Waals surface area contributed by atoms with Gasteiger partial charge in [0.1, 0.15) is 0 Å². The van der Waals surface area contributed by atoms with E-state index >= 15 is 0 Å². The van der Waals surface area contributed by atoms with Gasteiger partial charge in [-0.25, -0.2) is 8.78 Å². The van der Waals surface area contributed by atoms with Crippen molar-refractivity contribution < 1.29 is 13.9 Å². The molecule has 1 N–H and O–H groups in total. The predicted molar refractivity (Wildman–Crippen MR) is 78.6 cm³/mol. The van der Waals surface area contributed by atoms with Crippen LogP contribution in [0.2, 0.25) is 0 Å². The first-order chi connectivity index (χ1) is 9.38. The summed E-state index contributed by atoms with van der Waals surface area (Å²) in [4.78, 5) is 0. The van der Waals surface area contributed by atoms with Gasteiger partial charge in [-0.2, -0.15) is 0 Å². The molecule has 0 saturated carbocycles. The van der Waals surface area contributed by atoms with Crippen LogP contribution < -0.4 is 0 Å². The molecule has 1 nitrogen and oxygen atoms in total. The second-order valence-corrected chi connectivity index (χ2v) is 5.78. The topological polar surface area (TPSA) is 20.2 Å². The number of rotatable bonds is 3. The summed E-state index contributed by atoms with van der Waals surface area (Å²) in [5.41, 5.74) is 3.35. The van der Waals surface area contributed by atoms with Crippen LogP contribution in [0.5, 0.6) is 0 Å². The average Bonchev–Trinajstić information content (AvgIpc) is 2.38. The average molecular weight is 341 g/mol. The third-order valence-corrected chi connectivity index (χ3v) is 4.17. The van der Waals surface area contributed by atoms with Gasteiger partial charge < -0.3 is 5.11 Å². The summed E-state index contributed by atoms with van der Waals surface area (Å²) in [7, 11) is 0. The lowest BCUT2D eigenvalue weighted by Gasteiger charge is -2.16. The molecule has 20 heavy (non-hydrogen) atoms. The second-order valence-electron chi connectivity index (χ2n) is 4.93. The van der Waals surface area contributed by atoms with E-state index in [1.54, 1.807) is 0 Å². The Bertz CT molecular complexity index is 641. The van der Waals surface area contributed by atoms with Gasteiger partial charge in [0.15, 0.2) is 11.6 Å². The van der Waals surface area contributed by atoms with Gasteiger partial charge in [0.25, 0.3) is 0 Å². The summed E-state index contributed by atoms with van der Waals surface area (Å²) in [5, 5.41) is 10.3. The van der Waals surface area contributed by atoms with Crippen LogP contribution >= 0.6 is 15.9 Å². The monoisotopic (exact) mass is 340 g/mol. The fraction of sp³-hybridized carbons (Fsp3) is 0.250. The standard InChI is InChI=1S/C16H15BrF2O/c1-9-6-13(17)10(2)5-12(9)16(20)8-11-3-4-14(18)15(19)7-11/h3-7,16,20H,8H2,1-2H3. The summed E-state index contributed by atoms with van der Waals surface area (Å²) in [6.45, 7) is 3.85. The second kappa shape index (κ2) is 6.02. The van der Waals surface area contributed by atoms with Crippen LogP contribution in [0.15, 0.2) is 34.8 Å². The van der Waals surface area contributed by atoms with Crippen LogP contribution in [-0.4, -0.2) is 5.11 Å². The van der Waals surface area contributed by atoms with E-state index in [0.29, 0.717) is 5.56 Å². The van der Waals surface area contributed by atoms with E-state index in [1.807, 2.05) is 26.0 Å². The maximum absolute atomic E-state index is 13.2. The molecule has 2 aromatic rings. The zero-order chi connectivity index (χ0) is 14.9. The lowest BCUT2D eigenvalue weighted by molar-refractivity contribution is 0.177. The lowest BCUT2D eigenvalue weighted by atomic mass is 9.96. The van der Waals surface area contributed by atoms with E-state index in [9.17, 15) is 13.9 Å². The highest BCUT2D eigenvalue weighted by atomic mass is 79.9. The Morgan fingerprint density at radius 3 is 2.40 bits per heavy atom. The SMILES string of the molecule is Cc1cc(C(O)Cc2ccc(F)c(F)c2)c(C)cc1Br. The Balaban J connectivity index is 2.25. The molecule has 2 rings (SSSR count). The maximum Gasteiger partial charge on any atom is 0.159 e. The van der Waals surface area contributed by atoms with Crippen molar-refractivity contribution in [2.75, 3.05) is 0 Å². The van der Waals surface area contributed by atoms with Gasteiger partial charge in [-0.05, 0) is 54.3 Å². The molecule has 4 heteroatoms. The summed E-state index contributed by atoms with van der Waals surface area (Å²) in [5.74, 6) is -1.77. The van der Waals surface area contributed by atoms with Crippen molar-refractivity contribution in [1.29, 1.82) is 0 Å². The number of hydrogen-bond donors (Lipinski definition) is 1. The van der Waals surface area contributed by atoms with Crippen LogP contribution in [-0.2, 0) is 6.42 Å². The van der Waals surface area contributed by atoms with E-state index in [0.717, 1.165) is 33.3 Å². The fourth-order valence-corrected chi connectivity index (χ4v) is 2.62. The van der Waals surface area contributed by atoms with Crippen molar-refractivity contribution >= 4 is 15.9 Å². The van der Waals surface area contributed by atoms with E-state index < -0.39 is 17.7 Å². The van der Waals surface area contributed by atoms with Gasteiger partial charge in [-0.3, -0.25) is 0 Å². The molecule has 0 heterocycles. The quantitative estimate of drug-likeness (QED) is 0.864. The van der Waals surface area contributed by atoms with Gasteiger partial charge in [0.05, 0.1) is 6.10 Å². The van der Waals surface area contributed by atoms with E-state index in [-0.39, 0.29) is 6.42 Å². The molecule has 0 spiro atoms. The highest BCUT2D eigenvalue weighted by Gasteiger charge is 2.14. The third kappa shape index (κ3) is 3.25. The number of aryl methyl sites for hydroxylation is 2. The van der Waals surface area contributed by atoms with Crippen molar-refractivity contribution in [3.05, 3.63) is 68.7 Å². The van der Waals surface area contributed by atoms with Crippen molar-refractivity contribution in [3.8, 4) is 0 Å². The van der Waals surface area contributed by atoms with Crippen molar-refractivity contribution in [2.45, 2.75) is 26.4 Å². The molecule has 2 aromatic carbocycles. The molecule has 0 saturated heterocycles. The molecule has 1 atom stereocenters. The Morgan fingerprint density at radius 1 is 1.05 bits per heavy atom. The van der Waals surface area contributed by atoms with Crippen LogP contribution in [0.1, 0.15) is 28.4 Å². The normalized spacial score (nSPS) is 12.5. The van der Waals surface area contributed by atoms with E-state index in [4.69, 9.17) is 0 Å². The molecule has 0 aliphatic carbocycles. The first kappa shape index (κ1) is 15.1. The van der Waals surface area contributed by atoms with E-state index in [2.05, 4.69) is 15.9 Å². The minimum atomic E-state index is -0.890. The summed E-state index contributed by atoms with van der Waals surface area (Å²) in [6, 6.07) is 7.54. The first-order valence-corrected chi connectivity index (χ1v) is 7.06. The summed E-state index contributed by atoms with van der Waals surface area (Å²) < 4.78 is 27.0. The van der Waals surface area contributed by atoms with Gasteiger partial charge >= 0.3 is 0 Å². The Kier molecular flexibility index (Phi) is 4.55. The van der Waals surface area contributed by atoms with Crippen molar-refractivity contribution in [3.63, 3.8) is 0 Å². The molecule has 0 radical (unpaired) electrons. The summed E-state index contributed by atoms with van der Waals surface area (Å²) >= 11 is 3.44. The van der Waals surface area contributed by atoms with Gasteiger partial charge in [0.2, 0.25) is 0 Å². The number of halogens is 3. The summed E-state index contributed by atoms with van der Waals surface area (Å²) in [6.07, 6.45) is -0.495. The number of hydrogen-bond acceptors (Lipinski definition) is 1. The minimum Gasteiger partial charge on any atom is -0.388 e. The molecular formula is C16H15BrF2O. The minimum absolute atomic E-state index is 0.249. The van der Waals surface area contributed by atoms with Crippen LogP contribution in [0, 0.1) is 25.5 Å². The largest absolute Gasteiger partial charge is 0.388 e. The molecule has 0 amide bonds. The predicted octanol–water partition coefficient (Wildman–Crippen LogP) is 4.62. The zero-order valence-electron chi connectivity index (χ0n) is 11.3. The first-order valence-electron chi connectivity index (χ1n) is 6.27. The fourth-order valence-electron chi connectivity index (χ4n) is 2.16. The smallest absolute Gasteiger partial charge is 0.159 e. The van der Waals surface area contributed by atoms with Crippen LogP contribution in [0.4, 0.5) is 8.78 Å². The van der Waals surface area contributed by atoms with E-state index in [1.165, 1.54) is 6.07 Å². The Labute approximate surface area is 125 Å². The van der Waals surface area contributed by atoms with Crippen molar-refractivity contribution in [1.82, 2.24) is 0 Å². The molecule has 1 unspecified atom stereocenters.